The van der Waals surface area contributed by atoms with Crippen molar-refractivity contribution >= 4 is 6.21 Å². The number of hydrazone groups is 1. The molecular weight excluding hydrogens is 148 g/mol. The fourth-order valence-electron chi connectivity index (χ4n) is 1.09. The van der Waals surface area contributed by atoms with Crippen LogP contribution in [0.15, 0.2) is 30.3 Å². The Balaban J connectivity index is 2.52. The van der Waals surface area contributed by atoms with Crippen LogP contribution in [-0.4, -0.2) is 18.3 Å². The van der Waals surface area contributed by atoms with Gasteiger partial charge in [-0.1, -0.05) is 30.3 Å². The highest BCUT2D eigenvalue weighted by atomic mass is 15.4. The third-order valence-electron chi connectivity index (χ3n) is 1.57. The van der Waals surface area contributed by atoms with Crippen LogP contribution < -0.4 is 5.10 Å². The van der Waals surface area contributed by atoms with Gasteiger partial charge in [0, 0.05) is 6.92 Å². The highest BCUT2D eigenvalue weighted by molar-refractivity contribution is 5.51. The Morgan fingerprint density at radius 3 is 2.58 bits per heavy atom. The average molecular weight is 162 g/mol. The van der Waals surface area contributed by atoms with Crippen LogP contribution in [0.1, 0.15) is 12.5 Å². The number of rotatable bonds is 3. The van der Waals surface area contributed by atoms with E-state index in [0.717, 1.165) is 6.54 Å². The Morgan fingerprint density at radius 1 is 1.33 bits per heavy atom. The molecule has 63 valence electrons. The van der Waals surface area contributed by atoms with E-state index in [1.807, 2.05) is 37.2 Å². The Hall–Kier alpha value is -1.31. The van der Waals surface area contributed by atoms with Gasteiger partial charge < -0.3 is 0 Å². The van der Waals surface area contributed by atoms with E-state index in [-0.39, 0.29) is 0 Å². The van der Waals surface area contributed by atoms with E-state index in [1.165, 1.54) is 5.56 Å². The molecule has 0 aliphatic rings. The summed E-state index contributed by atoms with van der Waals surface area (Å²) in [7, 11) is 1.97. The van der Waals surface area contributed by atoms with Gasteiger partial charge in [-0.05, 0) is 5.56 Å². The molecule has 0 atom stereocenters. The molecule has 2 heteroatoms. The summed E-state index contributed by atoms with van der Waals surface area (Å²) >= 11 is 0. The molecule has 0 amide bonds. The monoisotopic (exact) mass is 162 g/mol. The Labute approximate surface area is 73.5 Å². The van der Waals surface area contributed by atoms with Crippen LogP contribution in [0.5, 0.6) is 0 Å². The van der Waals surface area contributed by atoms with Crippen molar-refractivity contribution in [1.29, 1.82) is 0 Å². The normalized spacial score (nSPS) is 10.5. The molecule has 1 radical (unpaired) electrons. The largest absolute Gasteiger partial charge is 0.248 e. The summed E-state index contributed by atoms with van der Waals surface area (Å²) in [5.74, 6) is 0. The third kappa shape index (κ3) is 2.74. The first-order valence-corrected chi connectivity index (χ1v) is 4.06. The molecule has 2 nitrogen and oxygen atoms in total. The third-order valence-corrected chi connectivity index (χ3v) is 1.57. The van der Waals surface area contributed by atoms with Crippen molar-refractivity contribution in [2.24, 2.45) is 0 Å². The van der Waals surface area contributed by atoms with Crippen LogP contribution >= 0.6 is 0 Å². The minimum Gasteiger partial charge on any atom is -0.121 e. The topological polar surface area (TPSA) is 17.3 Å². The highest BCUT2D eigenvalue weighted by Crippen LogP contribution is 1.99. The van der Waals surface area contributed by atoms with E-state index < -0.39 is 0 Å². The smallest absolute Gasteiger partial charge is 0.121 e. The maximum Gasteiger partial charge on any atom is 0.248 e. The maximum atomic E-state index is 4.13. The van der Waals surface area contributed by atoms with Crippen molar-refractivity contribution in [3.63, 3.8) is 0 Å². The molecule has 0 saturated heterocycles. The number of hydrogen-bond donors (Lipinski definition) is 0. The molecule has 0 aliphatic heterocycles. The quantitative estimate of drug-likeness (QED) is 0.486. The average Bonchev–Trinajstić information content (AvgIpc) is 2.06. The van der Waals surface area contributed by atoms with Gasteiger partial charge in [-0.2, -0.15) is 0 Å². The van der Waals surface area contributed by atoms with Gasteiger partial charge in [-0.3, -0.25) is 0 Å². The van der Waals surface area contributed by atoms with Crippen molar-refractivity contribution < 1.29 is 0 Å². The van der Waals surface area contributed by atoms with Crippen LogP contribution in [0, 0.1) is 0 Å². The molecule has 0 unspecified atom stereocenters. The van der Waals surface area contributed by atoms with E-state index in [2.05, 4.69) is 17.2 Å². The maximum absolute atomic E-state index is 4.13. The summed E-state index contributed by atoms with van der Waals surface area (Å²) in [6.45, 7) is 2.78. The Bertz CT molecular complexity index is 241. The predicted molar refractivity (Wildman–Crippen MR) is 51.8 cm³/mol. The van der Waals surface area contributed by atoms with Gasteiger partial charge in [-0.25, -0.2) is 0 Å². The number of hydrogen-bond acceptors (Lipinski definition) is 2. The number of nitrogens with zero attached hydrogens (tertiary/aromatic N) is 2. The van der Waals surface area contributed by atoms with Gasteiger partial charge in [0.1, 0.15) is 6.54 Å². The van der Waals surface area contributed by atoms with Crippen LogP contribution in [0.3, 0.4) is 0 Å². The van der Waals surface area contributed by atoms with Crippen molar-refractivity contribution in [3.05, 3.63) is 35.9 Å². The zero-order valence-corrected chi connectivity index (χ0v) is 7.57. The molecule has 1 rings (SSSR count). The minimum atomic E-state index is 0.866. The van der Waals surface area contributed by atoms with Gasteiger partial charge in [0.15, 0.2) is 5.10 Å². The van der Waals surface area contributed by atoms with E-state index in [4.69, 9.17) is 0 Å². The highest BCUT2D eigenvalue weighted by Gasteiger charge is 2.02. The van der Waals surface area contributed by atoms with E-state index in [9.17, 15) is 0 Å². The van der Waals surface area contributed by atoms with E-state index >= 15 is 0 Å². The van der Waals surface area contributed by atoms with Crippen molar-refractivity contribution in [2.45, 2.75) is 13.5 Å². The second-order valence-electron chi connectivity index (χ2n) is 2.68. The second-order valence-corrected chi connectivity index (χ2v) is 2.68. The van der Waals surface area contributed by atoms with Gasteiger partial charge >= 0.3 is 0 Å². The SMILES string of the molecule is CC=[N+]N(C)Cc1ccccc1. The van der Waals surface area contributed by atoms with Crippen molar-refractivity contribution in [3.8, 4) is 0 Å². The van der Waals surface area contributed by atoms with E-state index in [0.29, 0.717) is 0 Å². The summed E-state index contributed by atoms with van der Waals surface area (Å²) in [6, 6.07) is 10.3. The molecule has 12 heavy (non-hydrogen) atoms. The second kappa shape index (κ2) is 4.54. The van der Waals surface area contributed by atoms with Gasteiger partial charge in [0.25, 0.3) is 0 Å². The molecule has 0 spiro atoms. The van der Waals surface area contributed by atoms with Gasteiger partial charge in [0.2, 0.25) is 6.21 Å². The lowest BCUT2D eigenvalue weighted by atomic mass is 10.2. The lowest BCUT2D eigenvalue weighted by Crippen LogP contribution is -2.19. The first kappa shape index (κ1) is 8.78. The fraction of sp³-hybridized carbons (Fsp3) is 0.300. The molecule has 0 aliphatic carbocycles. The molecular formula is C10H14N2+. The number of benzene rings is 1. The van der Waals surface area contributed by atoms with Gasteiger partial charge in [-0.15, -0.1) is 5.01 Å². The van der Waals surface area contributed by atoms with Crippen LogP contribution in [0.4, 0.5) is 0 Å². The van der Waals surface area contributed by atoms with Crippen molar-refractivity contribution in [1.82, 2.24) is 10.1 Å². The van der Waals surface area contributed by atoms with Crippen LogP contribution in [0.2, 0.25) is 0 Å². The molecule has 0 fully saturated rings. The Morgan fingerprint density at radius 2 is 2.00 bits per heavy atom. The molecule has 0 bridgehead atoms. The van der Waals surface area contributed by atoms with Crippen LogP contribution in [0.25, 0.3) is 0 Å². The van der Waals surface area contributed by atoms with E-state index in [1.54, 1.807) is 6.21 Å². The Kier molecular flexibility index (Phi) is 3.33. The minimum absolute atomic E-state index is 0.866. The summed E-state index contributed by atoms with van der Waals surface area (Å²) < 4.78 is 0. The molecule has 0 N–H and O–H groups in total. The first-order valence-electron chi connectivity index (χ1n) is 4.06. The van der Waals surface area contributed by atoms with Crippen LogP contribution in [-0.2, 0) is 6.54 Å². The van der Waals surface area contributed by atoms with Crippen molar-refractivity contribution in [2.75, 3.05) is 7.05 Å². The molecule has 0 aromatic heterocycles. The molecule has 1 aromatic carbocycles. The zero-order chi connectivity index (χ0) is 8.81. The lowest BCUT2D eigenvalue weighted by molar-refractivity contribution is 0.301. The first-order chi connectivity index (χ1) is 5.83. The fourth-order valence-corrected chi connectivity index (χ4v) is 1.09. The standard InChI is InChI=1S/C10H14N2/c1-3-11-12(2)9-10-7-5-4-6-8-10/h3-8H,9H2,1-2H3/q+1. The summed E-state index contributed by atoms with van der Waals surface area (Å²) in [6.07, 6.45) is 1.79. The zero-order valence-electron chi connectivity index (χ0n) is 7.57. The molecule has 0 heterocycles. The predicted octanol–water partition coefficient (Wildman–Crippen LogP) is 1.46. The summed E-state index contributed by atoms with van der Waals surface area (Å²) in [5, 5.41) is 6.04. The summed E-state index contributed by atoms with van der Waals surface area (Å²) in [4.78, 5) is 0. The lowest BCUT2D eigenvalue weighted by Gasteiger charge is -2.00. The molecule has 0 saturated carbocycles. The molecule has 1 aromatic rings. The summed E-state index contributed by atoms with van der Waals surface area (Å²) in [5.41, 5.74) is 1.28. The van der Waals surface area contributed by atoms with Gasteiger partial charge in [0.05, 0.1) is 7.05 Å².